The van der Waals surface area contributed by atoms with E-state index in [0.717, 1.165) is 37.3 Å². The van der Waals surface area contributed by atoms with E-state index in [0.29, 0.717) is 6.42 Å². The molecule has 0 saturated heterocycles. The second-order valence-electron chi connectivity index (χ2n) is 5.64. The highest BCUT2D eigenvalue weighted by atomic mass is 16.5. The number of rotatable bonds is 5. The molecule has 114 valence electrons. The zero-order valence-corrected chi connectivity index (χ0v) is 12.9. The summed E-state index contributed by atoms with van der Waals surface area (Å²) >= 11 is 0. The Morgan fingerprint density at radius 2 is 1.91 bits per heavy atom. The summed E-state index contributed by atoms with van der Waals surface area (Å²) in [6.07, 6.45) is 3.23. The molecule has 3 nitrogen and oxygen atoms in total. The number of hydrogen-bond acceptors (Lipinski definition) is 2. The molecule has 0 atom stereocenters. The number of carbonyl (C=O) groups excluding carboxylic acids is 1. The van der Waals surface area contributed by atoms with Crippen LogP contribution in [0.2, 0.25) is 0 Å². The second kappa shape index (κ2) is 6.65. The monoisotopic (exact) mass is 295 g/mol. The van der Waals surface area contributed by atoms with Gasteiger partial charge in [0.25, 0.3) is 0 Å². The molecule has 0 spiro atoms. The maximum Gasteiger partial charge on any atom is 0.224 e. The minimum Gasteiger partial charge on any atom is -0.493 e. The third kappa shape index (κ3) is 3.48. The summed E-state index contributed by atoms with van der Waals surface area (Å²) in [4.78, 5) is 12.0. The molecule has 2 aromatic carbocycles. The van der Waals surface area contributed by atoms with Gasteiger partial charge >= 0.3 is 0 Å². The Morgan fingerprint density at radius 3 is 2.68 bits per heavy atom. The minimum absolute atomic E-state index is 0.0565. The molecule has 0 bridgehead atoms. The van der Waals surface area contributed by atoms with Crippen molar-refractivity contribution in [2.24, 2.45) is 0 Å². The van der Waals surface area contributed by atoms with E-state index in [4.69, 9.17) is 4.74 Å². The molecule has 22 heavy (non-hydrogen) atoms. The average Bonchev–Trinajstić information content (AvgIpc) is 3.01. The lowest BCUT2D eigenvalue weighted by Gasteiger charge is -2.07. The van der Waals surface area contributed by atoms with Crippen LogP contribution in [0.5, 0.6) is 5.75 Å². The molecule has 3 heteroatoms. The van der Waals surface area contributed by atoms with Crippen molar-refractivity contribution >= 4 is 11.6 Å². The Labute approximate surface area is 131 Å². The van der Waals surface area contributed by atoms with Crippen molar-refractivity contribution in [3.63, 3.8) is 0 Å². The van der Waals surface area contributed by atoms with Crippen LogP contribution in [-0.2, 0) is 24.1 Å². The average molecular weight is 295 g/mol. The maximum atomic E-state index is 12.0. The molecule has 0 fully saturated rings. The van der Waals surface area contributed by atoms with Gasteiger partial charge in [-0.15, -0.1) is 0 Å². The predicted octanol–water partition coefficient (Wildman–Crippen LogP) is 3.76. The summed E-state index contributed by atoms with van der Waals surface area (Å²) in [7, 11) is 0. The van der Waals surface area contributed by atoms with Crippen LogP contribution in [0.1, 0.15) is 30.0 Å². The molecule has 0 unspecified atom stereocenters. The highest BCUT2D eigenvalue weighted by molar-refractivity contribution is 5.90. The summed E-state index contributed by atoms with van der Waals surface area (Å²) in [5.41, 5.74) is 4.59. The van der Waals surface area contributed by atoms with Crippen LogP contribution in [0, 0.1) is 0 Å². The summed E-state index contributed by atoms with van der Waals surface area (Å²) in [5.74, 6) is 1.05. The van der Waals surface area contributed by atoms with Gasteiger partial charge < -0.3 is 10.1 Å². The molecule has 0 saturated carbocycles. The lowest BCUT2D eigenvalue weighted by atomic mass is 10.0. The first-order valence-corrected chi connectivity index (χ1v) is 7.88. The summed E-state index contributed by atoms with van der Waals surface area (Å²) in [6.45, 7) is 2.89. The van der Waals surface area contributed by atoms with Crippen LogP contribution in [0.25, 0.3) is 0 Å². The zero-order valence-electron chi connectivity index (χ0n) is 12.9. The van der Waals surface area contributed by atoms with Crippen molar-refractivity contribution in [3.05, 3.63) is 59.2 Å². The van der Waals surface area contributed by atoms with E-state index in [-0.39, 0.29) is 5.91 Å². The van der Waals surface area contributed by atoms with Crippen LogP contribution in [-0.4, -0.2) is 12.5 Å². The van der Waals surface area contributed by atoms with Crippen LogP contribution in [0.15, 0.2) is 42.5 Å². The van der Waals surface area contributed by atoms with Gasteiger partial charge in [0.1, 0.15) is 5.75 Å². The second-order valence-corrected chi connectivity index (χ2v) is 5.64. The molecule has 3 rings (SSSR count). The minimum atomic E-state index is 0.0565. The number of aryl methyl sites for hydroxylation is 2. The molecule has 1 aliphatic rings. The lowest BCUT2D eigenvalue weighted by Crippen LogP contribution is -2.12. The van der Waals surface area contributed by atoms with Crippen molar-refractivity contribution in [1.29, 1.82) is 0 Å². The molecule has 1 amide bonds. The van der Waals surface area contributed by atoms with Crippen molar-refractivity contribution in [3.8, 4) is 5.75 Å². The van der Waals surface area contributed by atoms with Gasteiger partial charge in [-0.2, -0.15) is 0 Å². The number of fused-ring (bicyclic) bond motifs is 1. The number of amides is 1. The Balaban J connectivity index is 1.53. The predicted molar refractivity (Wildman–Crippen MR) is 88.4 cm³/mol. The molecular formula is C19H21NO2. The standard InChI is InChI=1S/C19H21NO2/c1-2-14-3-7-17(8-4-14)20-19(21)10-6-15-5-9-18-16(13-15)11-12-22-18/h3-5,7-9,13H,2,6,10-12H2,1H3,(H,20,21). The number of nitrogens with one attached hydrogen (secondary N) is 1. The first-order valence-electron chi connectivity index (χ1n) is 7.88. The lowest BCUT2D eigenvalue weighted by molar-refractivity contribution is -0.116. The largest absolute Gasteiger partial charge is 0.493 e. The van der Waals surface area contributed by atoms with Gasteiger partial charge in [-0.3, -0.25) is 4.79 Å². The number of ether oxygens (including phenoxy) is 1. The molecule has 2 aromatic rings. The van der Waals surface area contributed by atoms with Crippen molar-refractivity contribution in [2.45, 2.75) is 32.6 Å². The van der Waals surface area contributed by atoms with E-state index in [9.17, 15) is 4.79 Å². The van der Waals surface area contributed by atoms with E-state index in [2.05, 4.69) is 30.4 Å². The first kappa shape index (κ1) is 14.6. The Hall–Kier alpha value is -2.29. The van der Waals surface area contributed by atoms with Crippen LogP contribution in [0.3, 0.4) is 0 Å². The molecule has 0 radical (unpaired) electrons. The van der Waals surface area contributed by atoms with Gasteiger partial charge in [-0.25, -0.2) is 0 Å². The number of anilines is 1. The van der Waals surface area contributed by atoms with Gasteiger partial charge in [-0.1, -0.05) is 31.2 Å². The van der Waals surface area contributed by atoms with Crippen LogP contribution < -0.4 is 10.1 Å². The summed E-state index contributed by atoms with van der Waals surface area (Å²) < 4.78 is 5.50. The van der Waals surface area contributed by atoms with E-state index in [1.165, 1.54) is 16.7 Å². The van der Waals surface area contributed by atoms with Crippen molar-refractivity contribution < 1.29 is 9.53 Å². The SMILES string of the molecule is CCc1ccc(NC(=O)CCc2ccc3c(c2)CCO3)cc1. The molecular weight excluding hydrogens is 274 g/mol. The van der Waals surface area contributed by atoms with E-state index < -0.39 is 0 Å². The molecule has 0 aromatic heterocycles. The first-order chi connectivity index (χ1) is 10.7. The van der Waals surface area contributed by atoms with Gasteiger partial charge in [0.05, 0.1) is 6.61 Å². The van der Waals surface area contributed by atoms with E-state index >= 15 is 0 Å². The van der Waals surface area contributed by atoms with E-state index in [1.54, 1.807) is 0 Å². The van der Waals surface area contributed by atoms with Crippen molar-refractivity contribution in [1.82, 2.24) is 0 Å². The fourth-order valence-electron chi connectivity index (χ4n) is 2.70. The molecule has 0 aliphatic carbocycles. The number of carbonyl (C=O) groups is 1. The summed E-state index contributed by atoms with van der Waals surface area (Å²) in [5, 5.41) is 2.95. The highest BCUT2D eigenvalue weighted by Gasteiger charge is 2.12. The van der Waals surface area contributed by atoms with Gasteiger partial charge in [0.15, 0.2) is 0 Å². The third-order valence-electron chi connectivity index (χ3n) is 4.04. The Bertz CT molecular complexity index is 662. The topological polar surface area (TPSA) is 38.3 Å². The number of hydrogen-bond donors (Lipinski definition) is 1. The van der Waals surface area contributed by atoms with Gasteiger partial charge in [-0.05, 0) is 47.7 Å². The molecule has 1 heterocycles. The van der Waals surface area contributed by atoms with Crippen LogP contribution in [0.4, 0.5) is 5.69 Å². The normalized spacial score (nSPS) is 12.6. The van der Waals surface area contributed by atoms with Crippen LogP contribution >= 0.6 is 0 Å². The third-order valence-corrected chi connectivity index (χ3v) is 4.04. The fourth-order valence-corrected chi connectivity index (χ4v) is 2.70. The highest BCUT2D eigenvalue weighted by Crippen LogP contribution is 2.26. The van der Waals surface area contributed by atoms with E-state index in [1.807, 2.05) is 24.3 Å². The molecule has 1 N–H and O–H groups in total. The zero-order chi connectivity index (χ0) is 15.4. The summed E-state index contributed by atoms with van der Waals surface area (Å²) in [6, 6.07) is 14.2. The number of benzene rings is 2. The molecule has 1 aliphatic heterocycles. The van der Waals surface area contributed by atoms with Gasteiger partial charge in [0.2, 0.25) is 5.91 Å². The quantitative estimate of drug-likeness (QED) is 0.912. The Morgan fingerprint density at radius 1 is 1.14 bits per heavy atom. The maximum absolute atomic E-state index is 12.0. The van der Waals surface area contributed by atoms with Gasteiger partial charge in [0, 0.05) is 18.5 Å². The fraction of sp³-hybridized carbons (Fsp3) is 0.316. The smallest absolute Gasteiger partial charge is 0.224 e. The Kier molecular flexibility index (Phi) is 4.42. The van der Waals surface area contributed by atoms with Crippen molar-refractivity contribution in [2.75, 3.05) is 11.9 Å².